The van der Waals surface area contributed by atoms with Crippen LogP contribution in [0.5, 0.6) is 0 Å². The highest BCUT2D eigenvalue weighted by atomic mass is 127. The molecule has 0 spiro atoms. The van der Waals surface area contributed by atoms with Crippen LogP contribution in [0.25, 0.3) is 0 Å². The van der Waals surface area contributed by atoms with Gasteiger partial charge in [0.15, 0.2) is 10.1 Å². The summed E-state index contributed by atoms with van der Waals surface area (Å²) in [5.74, 6) is -3.27. The molecular weight excluding hydrogens is 471 g/mol. The largest absolute Gasteiger partial charge is 0.743 e. The van der Waals surface area contributed by atoms with Crippen molar-refractivity contribution in [2.24, 2.45) is 0 Å². The van der Waals surface area contributed by atoms with Crippen LogP contribution < -0.4 is 5.32 Å². The van der Waals surface area contributed by atoms with E-state index in [9.17, 15) is 44.1 Å². The van der Waals surface area contributed by atoms with Crippen LogP contribution in [-0.2, 0) is 10.1 Å². The summed E-state index contributed by atoms with van der Waals surface area (Å²) in [4.78, 5) is 11.6. The number of carbonyl (C=O) groups excluding carboxylic acids is 1. The van der Waals surface area contributed by atoms with Crippen LogP contribution in [0.2, 0.25) is 0 Å². The second kappa shape index (κ2) is 6.43. The van der Waals surface area contributed by atoms with E-state index in [1.54, 1.807) is 22.6 Å². The molecule has 130 valence electrons. The van der Waals surface area contributed by atoms with Crippen LogP contribution in [0.1, 0.15) is 10.4 Å². The van der Waals surface area contributed by atoms with E-state index in [1.165, 1.54) is 0 Å². The normalized spacial score (nSPS) is 14.4. The molecule has 0 heterocycles. The zero-order chi connectivity index (χ0) is 18.2. The van der Waals surface area contributed by atoms with Crippen molar-refractivity contribution in [1.29, 1.82) is 0 Å². The molecule has 0 aliphatic rings. The number of hydrogen-bond acceptors (Lipinski definition) is 4. The first-order chi connectivity index (χ1) is 10.2. The maximum Gasteiger partial charge on any atom is 0.415 e. The van der Waals surface area contributed by atoms with Gasteiger partial charge in [-0.05, 0) is 40.8 Å². The summed E-state index contributed by atoms with van der Waals surface area (Å²) >= 11 is 1.57. The Balaban J connectivity index is 3.28. The molecule has 1 rings (SSSR count). The molecule has 23 heavy (non-hydrogen) atoms. The van der Waals surface area contributed by atoms with Crippen molar-refractivity contribution in [3.63, 3.8) is 0 Å². The Morgan fingerprint density at radius 1 is 1.22 bits per heavy atom. The first kappa shape index (κ1) is 20.0. The van der Waals surface area contributed by atoms with Crippen LogP contribution in [0, 0.1) is 9.39 Å². The predicted molar refractivity (Wildman–Crippen MR) is 71.1 cm³/mol. The third-order valence-corrected chi connectivity index (χ3v) is 4.02. The van der Waals surface area contributed by atoms with Crippen LogP contribution >= 0.6 is 22.6 Å². The number of benzene rings is 1. The molecule has 1 atom stereocenters. The van der Waals surface area contributed by atoms with E-state index in [0.29, 0.717) is 11.4 Å². The van der Waals surface area contributed by atoms with Crippen LogP contribution in [0.3, 0.4) is 0 Å². The molecule has 0 aliphatic carbocycles. The van der Waals surface area contributed by atoms with E-state index < -0.39 is 44.9 Å². The van der Waals surface area contributed by atoms with E-state index in [2.05, 4.69) is 0 Å². The average molecular weight is 476 g/mol. The molecule has 5 nitrogen and oxygen atoms in total. The van der Waals surface area contributed by atoms with Gasteiger partial charge >= 0.3 is 11.4 Å². The minimum atomic E-state index is -6.74. The number of nitrogens with one attached hydrogen (secondary N) is 1. The fourth-order valence-corrected chi connectivity index (χ4v) is 2.35. The van der Waals surface area contributed by atoms with Crippen molar-refractivity contribution >= 4 is 38.6 Å². The lowest BCUT2D eigenvalue weighted by atomic mass is 10.2. The first-order valence-electron chi connectivity index (χ1n) is 5.34. The molecule has 0 aromatic heterocycles. The lowest BCUT2D eigenvalue weighted by Crippen LogP contribution is -2.59. The number of hydrogen-bond donors (Lipinski definition) is 1. The summed E-state index contributed by atoms with van der Waals surface area (Å²) in [5.41, 5.74) is -1.02. The van der Waals surface area contributed by atoms with Crippen molar-refractivity contribution in [3.05, 3.63) is 33.1 Å². The van der Waals surface area contributed by atoms with Gasteiger partial charge in [0.1, 0.15) is 5.82 Å². The fraction of sp³-hybridized carbons (Fsp3) is 0.300. The Kier molecular flexibility index (Phi) is 5.58. The Hall–Kier alpha value is -1.09. The second-order valence-corrected chi connectivity index (χ2v) is 6.79. The Labute approximate surface area is 138 Å². The molecule has 1 amide bonds. The maximum absolute atomic E-state index is 13.4. The van der Waals surface area contributed by atoms with Crippen LogP contribution in [-0.4, -0.2) is 36.4 Å². The van der Waals surface area contributed by atoms with Gasteiger partial charge in [-0.25, -0.2) is 12.8 Å². The van der Waals surface area contributed by atoms with Crippen molar-refractivity contribution in [2.45, 2.75) is 17.5 Å². The van der Waals surface area contributed by atoms with E-state index in [1.807, 2.05) is 0 Å². The highest BCUT2D eigenvalue weighted by Crippen LogP contribution is 2.35. The molecule has 0 radical (unpaired) electrons. The monoisotopic (exact) mass is 476 g/mol. The van der Waals surface area contributed by atoms with Gasteiger partial charge in [-0.1, -0.05) is 0 Å². The SMILES string of the molecule is O=C(NC(C(F)(F)F)C(F)(F)S(=O)(=O)[O-])c1cc(I)ccc1F. The summed E-state index contributed by atoms with van der Waals surface area (Å²) < 4.78 is 109. The predicted octanol–water partition coefficient (Wildman–Crippen LogP) is 2.23. The summed E-state index contributed by atoms with van der Waals surface area (Å²) in [6.45, 7) is 0. The van der Waals surface area contributed by atoms with Gasteiger partial charge in [-0.3, -0.25) is 4.79 Å². The van der Waals surface area contributed by atoms with Gasteiger partial charge in [0, 0.05) is 3.57 Å². The number of halogens is 7. The van der Waals surface area contributed by atoms with E-state index in [0.717, 1.165) is 12.1 Å². The highest BCUT2D eigenvalue weighted by Gasteiger charge is 2.60. The van der Waals surface area contributed by atoms with E-state index in [4.69, 9.17) is 0 Å². The van der Waals surface area contributed by atoms with Gasteiger partial charge in [-0.2, -0.15) is 22.0 Å². The molecule has 0 saturated heterocycles. The third-order valence-electron chi connectivity index (χ3n) is 2.45. The van der Waals surface area contributed by atoms with Crippen molar-refractivity contribution in [1.82, 2.24) is 5.32 Å². The topological polar surface area (TPSA) is 86.3 Å². The molecule has 0 bridgehead atoms. The third kappa shape index (κ3) is 4.47. The number of carbonyl (C=O) groups is 1. The number of alkyl halides is 5. The van der Waals surface area contributed by atoms with Gasteiger partial charge in [0.05, 0.1) is 5.56 Å². The van der Waals surface area contributed by atoms with Gasteiger partial charge in [0.2, 0.25) is 6.04 Å². The summed E-state index contributed by atoms with van der Waals surface area (Å²) in [7, 11) is -6.74. The Morgan fingerprint density at radius 2 is 1.74 bits per heavy atom. The van der Waals surface area contributed by atoms with Crippen LogP contribution in [0.4, 0.5) is 26.3 Å². The number of rotatable bonds is 4. The Bertz CT molecular complexity index is 721. The van der Waals surface area contributed by atoms with Gasteiger partial charge < -0.3 is 9.87 Å². The quantitative estimate of drug-likeness (QED) is 0.411. The zero-order valence-electron chi connectivity index (χ0n) is 10.5. The molecule has 1 N–H and O–H groups in total. The summed E-state index contributed by atoms with van der Waals surface area (Å²) in [6, 6.07) is -1.74. The molecule has 13 heteroatoms. The lowest BCUT2D eigenvalue weighted by molar-refractivity contribution is -0.191. The maximum atomic E-state index is 13.4. The molecule has 1 aromatic rings. The average Bonchev–Trinajstić information content (AvgIpc) is 2.35. The van der Waals surface area contributed by atoms with Crippen molar-refractivity contribution in [3.8, 4) is 0 Å². The number of amides is 1. The fourth-order valence-electron chi connectivity index (χ4n) is 1.38. The first-order valence-corrected chi connectivity index (χ1v) is 7.82. The minimum Gasteiger partial charge on any atom is -0.743 e. The molecule has 1 aromatic carbocycles. The summed E-state index contributed by atoms with van der Waals surface area (Å²) in [6.07, 6.45) is -5.98. The minimum absolute atomic E-state index is 0.195. The Morgan fingerprint density at radius 3 is 2.17 bits per heavy atom. The smallest absolute Gasteiger partial charge is 0.415 e. The summed E-state index contributed by atoms with van der Waals surface area (Å²) in [5, 5.41) is -5.22. The van der Waals surface area contributed by atoms with E-state index in [-0.39, 0.29) is 3.57 Å². The van der Waals surface area contributed by atoms with E-state index >= 15 is 0 Å². The van der Waals surface area contributed by atoms with Crippen molar-refractivity contribution in [2.75, 3.05) is 0 Å². The molecular formula is C10H5F6INO4S-. The molecule has 0 aliphatic heterocycles. The molecule has 0 saturated carbocycles. The molecule has 0 fully saturated rings. The standard InChI is InChI=1S/C10H6F6INO4S/c11-6-2-1-4(17)3-5(6)7(19)18-8(9(12,13)14)10(15,16)23(20,21)22/h1-3,8H,(H,18,19)(H,20,21,22)/p-1. The van der Waals surface area contributed by atoms with Crippen molar-refractivity contribution < 1.29 is 44.1 Å². The zero-order valence-corrected chi connectivity index (χ0v) is 13.5. The van der Waals surface area contributed by atoms with Gasteiger partial charge in [-0.15, -0.1) is 0 Å². The highest BCUT2D eigenvalue weighted by molar-refractivity contribution is 14.1. The molecule has 1 unspecified atom stereocenters. The van der Waals surface area contributed by atoms with Gasteiger partial charge in [0.25, 0.3) is 5.91 Å². The second-order valence-electron chi connectivity index (χ2n) is 4.09. The van der Waals surface area contributed by atoms with Crippen LogP contribution in [0.15, 0.2) is 18.2 Å². The lowest BCUT2D eigenvalue weighted by Gasteiger charge is -2.30.